The van der Waals surface area contributed by atoms with Crippen LogP contribution in [0.25, 0.3) is 0 Å². The molecule has 15 heteroatoms. The van der Waals surface area contributed by atoms with Crippen LogP contribution in [-0.4, -0.2) is 67.0 Å². The Balaban J connectivity index is 0.00000578. The van der Waals surface area contributed by atoms with Gasteiger partial charge in [-0.15, -0.1) is 12.4 Å². The van der Waals surface area contributed by atoms with Gasteiger partial charge in [-0.3, -0.25) is 13.4 Å². The predicted molar refractivity (Wildman–Crippen MR) is 138 cm³/mol. The number of benzene rings is 2. The molecule has 0 aliphatic rings. The Hall–Kier alpha value is -1.31. The molecule has 0 bridgehead atoms. The van der Waals surface area contributed by atoms with E-state index in [9.17, 15) is 21.9 Å². The molecule has 0 atom stereocenters. The van der Waals surface area contributed by atoms with Gasteiger partial charge in [-0.2, -0.15) is 16.8 Å². The topological polar surface area (TPSA) is 123 Å². The fourth-order valence-electron chi connectivity index (χ4n) is 2.56. The van der Waals surface area contributed by atoms with Crippen molar-refractivity contribution in [3.05, 3.63) is 51.0 Å². The van der Waals surface area contributed by atoms with E-state index in [1.54, 1.807) is 23.1 Å². The standard InChI is InChI=1S/C19H21Cl3N2O7S2.ClH/c1-32(26,27)30-7-5-24(6-8-31-33(2,28)29)15-4-3-13(16(20)11-15)12-23-14-9-17(21)19(25)18(22)10-14;/h3-4,9-12,25H,5-8H2,1-2H3;1H. The highest BCUT2D eigenvalue weighted by Crippen LogP contribution is 2.35. The van der Waals surface area contributed by atoms with E-state index in [1.807, 2.05) is 0 Å². The maximum Gasteiger partial charge on any atom is 0.264 e. The van der Waals surface area contributed by atoms with Gasteiger partial charge in [-0.05, 0) is 30.3 Å². The summed E-state index contributed by atoms with van der Waals surface area (Å²) in [5.74, 6) is -0.237. The largest absolute Gasteiger partial charge is 0.505 e. The zero-order chi connectivity index (χ0) is 24.8. The van der Waals surface area contributed by atoms with Gasteiger partial charge in [0.1, 0.15) is 0 Å². The monoisotopic (exact) mass is 594 g/mol. The fourth-order valence-corrected chi connectivity index (χ4v) is 4.01. The summed E-state index contributed by atoms with van der Waals surface area (Å²) in [5, 5.41) is 10.1. The molecule has 2 rings (SSSR count). The SMILES string of the molecule is CS(=O)(=O)OCCN(CCOS(C)(=O)=O)c1ccc(C=Nc2cc(Cl)c(O)c(Cl)c2)c(Cl)c1.Cl. The van der Waals surface area contributed by atoms with Gasteiger partial charge < -0.3 is 10.0 Å². The van der Waals surface area contributed by atoms with Crippen LogP contribution in [-0.2, 0) is 28.6 Å². The molecule has 9 nitrogen and oxygen atoms in total. The highest BCUT2D eigenvalue weighted by molar-refractivity contribution is 7.86. The highest BCUT2D eigenvalue weighted by Gasteiger charge is 2.13. The minimum Gasteiger partial charge on any atom is -0.505 e. The molecule has 2 aromatic rings. The second kappa shape index (κ2) is 13.1. The van der Waals surface area contributed by atoms with E-state index < -0.39 is 20.2 Å². The van der Waals surface area contributed by atoms with Crippen molar-refractivity contribution >= 4 is 85.0 Å². The minimum absolute atomic E-state index is 0. The Kier molecular flexibility index (Phi) is 11.9. The molecular formula is C19H22Cl4N2O7S2. The number of aromatic hydroxyl groups is 1. The molecule has 0 radical (unpaired) electrons. The lowest BCUT2D eigenvalue weighted by atomic mass is 10.2. The number of phenols is 1. The average molecular weight is 596 g/mol. The second-order valence-corrected chi connectivity index (χ2v) is 11.3. The Morgan fingerprint density at radius 2 is 1.41 bits per heavy atom. The molecule has 0 aliphatic carbocycles. The Bertz CT molecular complexity index is 1180. The number of phenolic OH excluding ortho intramolecular Hbond substituents is 1. The zero-order valence-corrected chi connectivity index (χ0v) is 22.7. The predicted octanol–water partition coefficient (Wildman–Crippen LogP) is 4.28. The van der Waals surface area contributed by atoms with Crippen molar-refractivity contribution in [1.82, 2.24) is 0 Å². The van der Waals surface area contributed by atoms with E-state index in [4.69, 9.17) is 43.2 Å². The van der Waals surface area contributed by atoms with Crippen LogP contribution in [0.4, 0.5) is 11.4 Å². The van der Waals surface area contributed by atoms with Crippen molar-refractivity contribution in [2.45, 2.75) is 0 Å². The van der Waals surface area contributed by atoms with Crippen LogP contribution in [0, 0.1) is 0 Å². The van der Waals surface area contributed by atoms with E-state index in [-0.39, 0.29) is 54.5 Å². The van der Waals surface area contributed by atoms with Gasteiger partial charge in [0.25, 0.3) is 20.2 Å². The lowest BCUT2D eigenvalue weighted by Gasteiger charge is -2.24. The zero-order valence-electron chi connectivity index (χ0n) is 17.9. The summed E-state index contributed by atoms with van der Waals surface area (Å²) in [4.78, 5) is 5.92. The van der Waals surface area contributed by atoms with E-state index in [1.165, 1.54) is 18.3 Å². The molecular weight excluding hydrogens is 574 g/mol. The van der Waals surface area contributed by atoms with Crippen LogP contribution in [0.1, 0.15) is 5.56 Å². The quantitative estimate of drug-likeness (QED) is 0.301. The summed E-state index contributed by atoms with van der Waals surface area (Å²) in [6, 6.07) is 7.86. The van der Waals surface area contributed by atoms with Crippen LogP contribution in [0.2, 0.25) is 15.1 Å². The molecule has 190 valence electrons. The fraction of sp³-hybridized carbons (Fsp3) is 0.316. The maximum atomic E-state index is 11.2. The van der Waals surface area contributed by atoms with Crippen molar-refractivity contribution in [3.63, 3.8) is 0 Å². The molecule has 0 unspecified atom stereocenters. The van der Waals surface area contributed by atoms with Crippen molar-refractivity contribution in [3.8, 4) is 5.75 Å². The number of hydrogen-bond donors (Lipinski definition) is 1. The summed E-state index contributed by atoms with van der Waals surface area (Å²) < 4.78 is 54.5. The third-order valence-corrected chi connectivity index (χ3v) is 6.11. The van der Waals surface area contributed by atoms with Gasteiger partial charge in [-0.1, -0.05) is 34.8 Å². The van der Waals surface area contributed by atoms with Gasteiger partial charge in [0.2, 0.25) is 0 Å². The number of nitrogens with zero attached hydrogens (tertiary/aromatic N) is 2. The molecule has 0 spiro atoms. The third-order valence-electron chi connectivity index (χ3n) is 4.02. The van der Waals surface area contributed by atoms with Gasteiger partial charge in [0.05, 0.1) is 46.5 Å². The second-order valence-electron chi connectivity index (χ2n) is 6.76. The molecule has 0 aromatic heterocycles. The van der Waals surface area contributed by atoms with Crippen LogP contribution in [0.5, 0.6) is 5.75 Å². The molecule has 0 heterocycles. The Labute approximate surface area is 219 Å². The molecule has 0 amide bonds. The first-order valence-corrected chi connectivity index (χ1v) is 14.0. The van der Waals surface area contributed by atoms with E-state index in [0.717, 1.165) is 12.5 Å². The van der Waals surface area contributed by atoms with Crippen LogP contribution in [0.3, 0.4) is 0 Å². The Morgan fingerprint density at radius 3 is 1.85 bits per heavy atom. The summed E-state index contributed by atoms with van der Waals surface area (Å²) >= 11 is 18.2. The first kappa shape index (κ1) is 30.7. The van der Waals surface area contributed by atoms with Gasteiger partial charge in [0, 0.05) is 30.6 Å². The highest BCUT2D eigenvalue weighted by atomic mass is 35.5. The third kappa shape index (κ3) is 10.5. The lowest BCUT2D eigenvalue weighted by Crippen LogP contribution is -2.32. The van der Waals surface area contributed by atoms with Crippen molar-refractivity contribution in [2.75, 3.05) is 43.7 Å². The number of aliphatic imine (C=N–C) groups is 1. The van der Waals surface area contributed by atoms with Crippen LogP contribution in [0.15, 0.2) is 35.3 Å². The molecule has 0 fully saturated rings. The molecule has 34 heavy (non-hydrogen) atoms. The molecule has 0 saturated carbocycles. The van der Waals surface area contributed by atoms with Crippen LogP contribution < -0.4 is 4.90 Å². The number of halogens is 4. The normalized spacial score (nSPS) is 12.0. The van der Waals surface area contributed by atoms with Crippen molar-refractivity contribution < 1.29 is 30.3 Å². The molecule has 0 saturated heterocycles. The maximum absolute atomic E-state index is 11.2. The average Bonchev–Trinajstić information content (AvgIpc) is 2.68. The number of rotatable bonds is 11. The van der Waals surface area contributed by atoms with E-state index >= 15 is 0 Å². The minimum atomic E-state index is -3.63. The van der Waals surface area contributed by atoms with Crippen LogP contribution >= 0.6 is 47.2 Å². The number of anilines is 1. The summed E-state index contributed by atoms with van der Waals surface area (Å²) in [5.41, 5.74) is 1.54. The van der Waals surface area contributed by atoms with Crippen molar-refractivity contribution in [2.24, 2.45) is 4.99 Å². The van der Waals surface area contributed by atoms with E-state index in [2.05, 4.69) is 4.99 Å². The molecule has 0 aliphatic heterocycles. The summed E-state index contributed by atoms with van der Waals surface area (Å²) in [6.45, 7) is -0.0370. The molecule has 1 N–H and O–H groups in total. The van der Waals surface area contributed by atoms with Gasteiger partial charge in [-0.25, -0.2) is 0 Å². The summed E-state index contributed by atoms with van der Waals surface area (Å²) in [7, 11) is -7.27. The number of hydrogen-bond acceptors (Lipinski definition) is 9. The first-order valence-electron chi connectivity index (χ1n) is 9.20. The first-order chi connectivity index (χ1) is 15.2. The van der Waals surface area contributed by atoms with Crippen molar-refractivity contribution in [1.29, 1.82) is 0 Å². The van der Waals surface area contributed by atoms with Gasteiger partial charge >= 0.3 is 0 Å². The van der Waals surface area contributed by atoms with Gasteiger partial charge in [0.15, 0.2) is 5.75 Å². The lowest BCUT2D eigenvalue weighted by molar-refractivity contribution is 0.309. The van der Waals surface area contributed by atoms with E-state index in [0.29, 0.717) is 22.0 Å². The Morgan fingerprint density at radius 1 is 0.912 bits per heavy atom. The summed E-state index contributed by atoms with van der Waals surface area (Å²) in [6.07, 6.45) is 3.35. The smallest absolute Gasteiger partial charge is 0.264 e. The molecule has 2 aromatic carbocycles.